The van der Waals surface area contributed by atoms with Crippen molar-refractivity contribution in [1.29, 1.82) is 0 Å². The van der Waals surface area contributed by atoms with Crippen LogP contribution < -0.4 is 5.73 Å². The molecule has 3 N–H and O–H groups in total. The highest BCUT2D eigenvalue weighted by Gasteiger charge is 2.34. The molecule has 6 nitrogen and oxygen atoms in total. The summed E-state index contributed by atoms with van der Waals surface area (Å²) >= 11 is 0. The number of likely N-dealkylation sites (N-methyl/N-ethyl adjacent to an activating group) is 1. The van der Waals surface area contributed by atoms with Gasteiger partial charge in [-0.15, -0.1) is 0 Å². The van der Waals surface area contributed by atoms with Gasteiger partial charge in [0.2, 0.25) is 15.9 Å². The standard InChI is InChI=1S/C14H20N2O4S/c1-16(12-4-2-3-5-13(12)17)21(19,20)11-8-6-10(7-9-11)14(15)18/h6-9,12-13,17H,2-5H2,1H3,(H2,15,18). The summed E-state index contributed by atoms with van der Waals surface area (Å²) in [6, 6.07) is 5.10. The van der Waals surface area contributed by atoms with E-state index < -0.39 is 28.1 Å². The Bertz CT molecular complexity index is 612. The van der Waals surface area contributed by atoms with Gasteiger partial charge in [0.25, 0.3) is 0 Å². The highest BCUT2D eigenvalue weighted by molar-refractivity contribution is 7.89. The Morgan fingerprint density at radius 3 is 2.33 bits per heavy atom. The number of benzene rings is 1. The van der Waals surface area contributed by atoms with Gasteiger partial charge in [0.05, 0.1) is 17.0 Å². The molecule has 1 aromatic rings. The fourth-order valence-corrected chi connectivity index (χ4v) is 4.07. The molecule has 0 radical (unpaired) electrons. The number of nitrogens with two attached hydrogens (primary N) is 1. The number of sulfonamides is 1. The van der Waals surface area contributed by atoms with Gasteiger partial charge in [0, 0.05) is 12.6 Å². The van der Waals surface area contributed by atoms with Crippen LogP contribution in [0, 0.1) is 0 Å². The zero-order valence-electron chi connectivity index (χ0n) is 11.9. The second-order valence-corrected chi connectivity index (χ2v) is 7.33. The van der Waals surface area contributed by atoms with Gasteiger partial charge >= 0.3 is 0 Å². The van der Waals surface area contributed by atoms with Crippen molar-refractivity contribution in [2.45, 2.75) is 42.7 Å². The minimum atomic E-state index is -3.69. The van der Waals surface area contributed by atoms with Gasteiger partial charge in [-0.1, -0.05) is 12.8 Å². The average molecular weight is 312 g/mol. The van der Waals surface area contributed by atoms with Crippen LogP contribution in [0.1, 0.15) is 36.0 Å². The summed E-state index contributed by atoms with van der Waals surface area (Å²) in [5.41, 5.74) is 5.39. The Hall–Kier alpha value is -1.44. The predicted molar refractivity (Wildman–Crippen MR) is 78.2 cm³/mol. The summed E-state index contributed by atoms with van der Waals surface area (Å²) in [6.07, 6.45) is 2.45. The molecule has 1 saturated carbocycles. The molecule has 1 aromatic carbocycles. The molecule has 1 fully saturated rings. The van der Waals surface area contributed by atoms with Gasteiger partial charge in [0.15, 0.2) is 0 Å². The third-order valence-electron chi connectivity index (χ3n) is 3.98. The normalized spacial score (nSPS) is 23.2. The van der Waals surface area contributed by atoms with Crippen LogP contribution >= 0.6 is 0 Å². The van der Waals surface area contributed by atoms with E-state index in [1.807, 2.05) is 0 Å². The first-order valence-electron chi connectivity index (χ1n) is 6.90. The lowest BCUT2D eigenvalue weighted by Gasteiger charge is -2.34. The fourth-order valence-electron chi connectivity index (χ4n) is 2.65. The van der Waals surface area contributed by atoms with Crippen LogP contribution in [0.15, 0.2) is 29.2 Å². The first-order chi connectivity index (χ1) is 9.84. The van der Waals surface area contributed by atoms with E-state index >= 15 is 0 Å². The zero-order valence-corrected chi connectivity index (χ0v) is 12.7. The Balaban J connectivity index is 2.26. The van der Waals surface area contributed by atoms with Crippen LogP contribution in [0.2, 0.25) is 0 Å². The third kappa shape index (κ3) is 3.25. The van der Waals surface area contributed by atoms with E-state index in [0.717, 1.165) is 12.8 Å². The molecule has 21 heavy (non-hydrogen) atoms. The molecule has 1 aliphatic rings. The van der Waals surface area contributed by atoms with Gasteiger partial charge in [-0.3, -0.25) is 4.79 Å². The van der Waals surface area contributed by atoms with Crippen molar-refractivity contribution in [1.82, 2.24) is 4.31 Å². The van der Waals surface area contributed by atoms with Crippen LogP contribution in [0.5, 0.6) is 0 Å². The summed E-state index contributed by atoms with van der Waals surface area (Å²) in [5, 5.41) is 10.00. The molecule has 0 heterocycles. The maximum atomic E-state index is 12.6. The minimum absolute atomic E-state index is 0.0905. The summed E-state index contributed by atoms with van der Waals surface area (Å²) in [5.74, 6) is -0.602. The maximum Gasteiger partial charge on any atom is 0.248 e. The highest BCUT2D eigenvalue weighted by atomic mass is 32.2. The van der Waals surface area contributed by atoms with E-state index in [-0.39, 0.29) is 10.5 Å². The molecular formula is C14H20N2O4S. The molecule has 0 aromatic heterocycles. The molecule has 1 amide bonds. The van der Waals surface area contributed by atoms with E-state index in [0.29, 0.717) is 12.8 Å². The van der Waals surface area contributed by atoms with Crippen molar-refractivity contribution in [3.05, 3.63) is 29.8 Å². The highest BCUT2D eigenvalue weighted by Crippen LogP contribution is 2.27. The summed E-state index contributed by atoms with van der Waals surface area (Å²) in [7, 11) is -2.21. The van der Waals surface area contributed by atoms with Crippen molar-refractivity contribution in [2.24, 2.45) is 5.73 Å². The number of rotatable bonds is 4. The van der Waals surface area contributed by atoms with Gasteiger partial charge < -0.3 is 10.8 Å². The zero-order chi connectivity index (χ0) is 15.6. The van der Waals surface area contributed by atoms with Crippen LogP contribution in [-0.2, 0) is 10.0 Å². The molecular weight excluding hydrogens is 292 g/mol. The monoisotopic (exact) mass is 312 g/mol. The average Bonchev–Trinajstić information content (AvgIpc) is 2.47. The molecule has 0 bridgehead atoms. The Kier molecular flexibility index (Phi) is 4.65. The molecule has 1 aliphatic carbocycles. The third-order valence-corrected chi connectivity index (χ3v) is 5.87. The van der Waals surface area contributed by atoms with E-state index in [1.165, 1.54) is 35.6 Å². The topological polar surface area (TPSA) is 101 Å². The van der Waals surface area contributed by atoms with Crippen molar-refractivity contribution >= 4 is 15.9 Å². The van der Waals surface area contributed by atoms with Gasteiger partial charge in [-0.25, -0.2) is 8.42 Å². The van der Waals surface area contributed by atoms with Crippen molar-refractivity contribution in [3.63, 3.8) is 0 Å². The molecule has 7 heteroatoms. The number of aliphatic hydroxyl groups excluding tert-OH is 1. The lowest BCUT2D eigenvalue weighted by atomic mass is 9.93. The SMILES string of the molecule is CN(C1CCCCC1O)S(=O)(=O)c1ccc(C(N)=O)cc1. The Morgan fingerprint density at radius 2 is 1.81 bits per heavy atom. The van der Waals surface area contributed by atoms with E-state index in [9.17, 15) is 18.3 Å². The second-order valence-electron chi connectivity index (χ2n) is 5.33. The first-order valence-corrected chi connectivity index (χ1v) is 8.34. The Morgan fingerprint density at radius 1 is 1.24 bits per heavy atom. The minimum Gasteiger partial charge on any atom is -0.391 e. The van der Waals surface area contributed by atoms with Crippen LogP contribution in [0.25, 0.3) is 0 Å². The van der Waals surface area contributed by atoms with Gasteiger partial charge in [0.1, 0.15) is 0 Å². The van der Waals surface area contributed by atoms with E-state index in [1.54, 1.807) is 0 Å². The van der Waals surface area contributed by atoms with Crippen molar-refractivity contribution in [3.8, 4) is 0 Å². The second kappa shape index (κ2) is 6.13. The molecule has 0 saturated heterocycles. The van der Waals surface area contributed by atoms with Crippen molar-refractivity contribution < 1.29 is 18.3 Å². The number of amides is 1. The number of carbonyl (C=O) groups is 1. The number of aliphatic hydroxyl groups is 1. The van der Waals surface area contributed by atoms with Gasteiger partial charge in [-0.2, -0.15) is 4.31 Å². The first kappa shape index (κ1) is 15.9. The van der Waals surface area contributed by atoms with E-state index in [4.69, 9.17) is 5.73 Å². The van der Waals surface area contributed by atoms with Crippen LogP contribution in [-0.4, -0.2) is 42.9 Å². The fraction of sp³-hybridized carbons (Fsp3) is 0.500. The molecule has 116 valence electrons. The number of hydrogen-bond donors (Lipinski definition) is 2. The maximum absolute atomic E-state index is 12.6. The summed E-state index contributed by atoms with van der Waals surface area (Å²) < 4.78 is 26.3. The lowest BCUT2D eigenvalue weighted by Crippen LogP contribution is -2.46. The predicted octanol–water partition coefficient (Wildman–Crippen LogP) is 0.710. The quantitative estimate of drug-likeness (QED) is 0.855. The molecule has 2 rings (SSSR count). The number of carbonyl (C=O) groups excluding carboxylic acids is 1. The number of nitrogens with zero attached hydrogens (tertiary/aromatic N) is 1. The smallest absolute Gasteiger partial charge is 0.248 e. The van der Waals surface area contributed by atoms with E-state index in [2.05, 4.69) is 0 Å². The molecule has 0 aliphatic heterocycles. The lowest BCUT2D eigenvalue weighted by molar-refractivity contribution is 0.0638. The van der Waals surface area contributed by atoms with Crippen LogP contribution in [0.4, 0.5) is 0 Å². The summed E-state index contributed by atoms with van der Waals surface area (Å²) in [6.45, 7) is 0. The van der Waals surface area contributed by atoms with Crippen molar-refractivity contribution in [2.75, 3.05) is 7.05 Å². The summed E-state index contributed by atoms with van der Waals surface area (Å²) in [4.78, 5) is 11.1. The molecule has 2 unspecified atom stereocenters. The van der Waals surface area contributed by atoms with Crippen LogP contribution in [0.3, 0.4) is 0 Å². The Labute approximate surface area is 124 Å². The molecule has 0 spiro atoms. The van der Waals surface area contributed by atoms with Gasteiger partial charge in [-0.05, 0) is 37.1 Å². The molecule has 2 atom stereocenters. The number of primary amides is 1. The largest absolute Gasteiger partial charge is 0.391 e. The number of hydrogen-bond acceptors (Lipinski definition) is 4.